The smallest absolute Gasteiger partial charge is 0.126 e. The van der Waals surface area contributed by atoms with E-state index >= 15 is 0 Å². The van der Waals surface area contributed by atoms with Crippen LogP contribution in [0.3, 0.4) is 0 Å². The Balaban J connectivity index is 2.72. The number of carbonyl (C=O) groups is 1. The zero-order chi connectivity index (χ0) is 6.69. The van der Waals surface area contributed by atoms with Crippen molar-refractivity contribution in [1.29, 1.82) is 0 Å². The Labute approximate surface area is 52.5 Å². The summed E-state index contributed by atoms with van der Waals surface area (Å²) in [6.45, 7) is 0. The van der Waals surface area contributed by atoms with Crippen LogP contribution in [0, 0.1) is 0 Å². The summed E-state index contributed by atoms with van der Waals surface area (Å²) in [6.07, 6.45) is 2.74. The predicted molar refractivity (Wildman–Crippen MR) is 30.8 cm³/mol. The monoisotopic (exact) mass is 125 g/mol. The van der Waals surface area contributed by atoms with Crippen molar-refractivity contribution in [2.24, 2.45) is 7.05 Å². The molecule has 0 saturated heterocycles. The van der Waals surface area contributed by atoms with Crippen molar-refractivity contribution >= 4 is 6.29 Å². The van der Waals surface area contributed by atoms with Gasteiger partial charge in [0.25, 0.3) is 0 Å². The molecule has 0 aliphatic carbocycles. The summed E-state index contributed by atoms with van der Waals surface area (Å²) in [5.41, 5.74) is 0.715. The molecule has 48 valence electrons. The highest BCUT2D eigenvalue weighted by Gasteiger charge is 1.93. The fraction of sp³-hybridized carbons (Fsp3) is 0.400. The average Bonchev–Trinajstić information content (AvgIpc) is 2.17. The van der Waals surface area contributed by atoms with Crippen molar-refractivity contribution in [2.75, 3.05) is 0 Å². The number of hydrogen-bond donors (Lipinski definition) is 0. The molecule has 0 aliphatic rings. The molecule has 0 amide bonds. The van der Waals surface area contributed by atoms with Gasteiger partial charge in [-0.1, -0.05) is 0 Å². The van der Waals surface area contributed by atoms with E-state index in [9.17, 15) is 4.79 Å². The Hall–Kier alpha value is -1.19. The summed E-state index contributed by atoms with van der Waals surface area (Å²) in [5, 5.41) is 7.66. The second-order valence-electron chi connectivity index (χ2n) is 1.70. The van der Waals surface area contributed by atoms with Crippen molar-refractivity contribution in [1.82, 2.24) is 15.0 Å². The van der Waals surface area contributed by atoms with Gasteiger partial charge in [-0.15, -0.1) is 0 Å². The van der Waals surface area contributed by atoms with Crippen LogP contribution in [0.5, 0.6) is 0 Å². The molecule has 1 rings (SSSR count). The van der Waals surface area contributed by atoms with Crippen molar-refractivity contribution in [3.05, 3.63) is 11.9 Å². The van der Waals surface area contributed by atoms with Gasteiger partial charge in [0, 0.05) is 13.5 Å². The van der Waals surface area contributed by atoms with Crippen molar-refractivity contribution in [3.63, 3.8) is 0 Å². The van der Waals surface area contributed by atoms with Gasteiger partial charge >= 0.3 is 0 Å². The van der Waals surface area contributed by atoms with Crippen molar-refractivity contribution in [3.8, 4) is 0 Å². The number of hydrogen-bond acceptors (Lipinski definition) is 3. The molecular weight excluding hydrogens is 118 g/mol. The van der Waals surface area contributed by atoms with E-state index in [2.05, 4.69) is 10.2 Å². The molecule has 4 nitrogen and oxygen atoms in total. The minimum Gasteiger partial charge on any atom is -0.303 e. The Morgan fingerprint density at radius 3 is 3.11 bits per heavy atom. The molecule has 0 unspecified atom stereocenters. The van der Waals surface area contributed by atoms with Gasteiger partial charge in [-0.25, -0.2) is 0 Å². The maximum atomic E-state index is 9.91. The maximum absolute atomic E-state index is 9.91. The van der Waals surface area contributed by atoms with Gasteiger partial charge in [0.1, 0.15) is 6.29 Å². The molecule has 0 radical (unpaired) electrons. The van der Waals surface area contributed by atoms with Gasteiger partial charge in [-0.05, 0) is 0 Å². The molecule has 0 saturated carbocycles. The zero-order valence-corrected chi connectivity index (χ0v) is 5.11. The molecule has 0 fully saturated rings. The van der Waals surface area contributed by atoms with E-state index < -0.39 is 0 Å². The van der Waals surface area contributed by atoms with E-state index in [0.717, 1.165) is 6.29 Å². The molecule has 1 aromatic heterocycles. The highest BCUT2D eigenvalue weighted by Crippen LogP contribution is 1.87. The summed E-state index contributed by atoms with van der Waals surface area (Å²) in [7, 11) is 1.72. The molecule has 0 N–H and O–H groups in total. The summed E-state index contributed by atoms with van der Waals surface area (Å²) in [4.78, 5) is 11.3. The van der Waals surface area contributed by atoms with Crippen LogP contribution in [0.15, 0.2) is 6.20 Å². The van der Waals surface area contributed by atoms with Crippen LogP contribution in [0.1, 0.15) is 5.69 Å². The highest BCUT2D eigenvalue weighted by molar-refractivity contribution is 5.53. The Morgan fingerprint density at radius 2 is 2.67 bits per heavy atom. The molecular formula is C5H7N3O. The first kappa shape index (κ1) is 5.94. The SMILES string of the molecule is Cn1ncc(CC=O)n1. The lowest BCUT2D eigenvalue weighted by Crippen LogP contribution is -1.93. The molecule has 1 aromatic rings. The summed E-state index contributed by atoms with van der Waals surface area (Å²) >= 11 is 0. The van der Waals surface area contributed by atoms with E-state index in [-0.39, 0.29) is 0 Å². The molecule has 0 spiro atoms. The lowest BCUT2D eigenvalue weighted by molar-refractivity contribution is -0.107. The second kappa shape index (κ2) is 2.39. The topological polar surface area (TPSA) is 47.8 Å². The van der Waals surface area contributed by atoms with E-state index in [4.69, 9.17) is 0 Å². The largest absolute Gasteiger partial charge is 0.303 e. The third-order valence-electron chi connectivity index (χ3n) is 0.940. The van der Waals surface area contributed by atoms with Crippen LogP contribution in [-0.4, -0.2) is 21.3 Å². The lowest BCUT2D eigenvalue weighted by atomic mass is 10.4. The van der Waals surface area contributed by atoms with E-state index in [1.54, 1.807) is 13.2 Å². The molecule has 0 atom stereocenters. The molecule has 0 bridgehead atoms. The van der Waals surface area contributed by atoms with Crippen LogP contribution in [0.2, 0.25) is 0 Å². The van der Waals surface area contributed by atoms with Crippen LogP contribution in [0.4, 0.5) is 0 Å². The Bertz CT molecular complexity index is 206. The summed E-state index contributed by atoms with van der Waals surface area (Å²) in [6, 6.07) is 0. The van der Waals surface area contributed by atoms with E-state index in [1.807, 2.05) is 0 Å². The van der Waals surface area contributed by atoms with Crippen molar-refractivity contribution < 1.29 is 4.79 Å². The second-order valence-corrected chi connectivity index (χ2v) is 1.70. The number of nitrogens with zero attached hydrogens (tertiary/aromatic N) is 3. The van der Waals surface area contributed by atoms with Gasteiger partial charge in [0.15, 0.2) is 0 Å². The third-order valence-corrected chi connectivity index (χ3v) is 0.940. The van der Waals surface area contributed by atoms with Gasteiger partial charge in [0.2, 0.25) is 0 Å². The maximum Gasteiger partial charge on any atom is 0.126 e. The zero-order valence-electron chi connectivity index (χ0n) is 5.11. The summed E-state index contributed by atoms with van der Waals surface area (Å²) < 4.78 is 0. The van der Waals surface area contributed by atoms with Gasteiger partial charge in [0.05, 0.1) is 11.9 Å². The van der Waals surface area contributed by atoms with Crippen LogP contribution < -0.4 is 0 Å². The van der Waals surface area contributed by atoms with Crippen LogP contribution in [-0.2, 0) is 18.3 Å². The number of aryl methyl sites for hydroxylation is 1. The minimum atomic E-state index is 0.355. The molecule has 0 aliphatic heterocycles. The Morgan fingerprint density at radius 1 is 1.89 bits per heavy atom. The number of carbonyl (C=O) groups excluding carboxylic acids is 1. The molecule has 4 heteroatoms. The third kappa shape index (κ3) is 1.35. The number of rotatable bonds is 2. The number of aromatic nitrogens is 3. The lowest BCUT2D eigenvalue weighted by Gasteiger charge is -1.80. The van der Waals surface area contributed by atoms with Gasteiger partial charge in [-0.2, -0.15) is 15.0 Å². The molecule has 9 heavy (non-hydrogen) atoms. The fourth-order valence-corrected chi connectivity index (χ4v) is 0.567. The molecule has 1 heterocycles. The number of aldehydes is 1. The van der Waals surface area contributed by atoms with Crippen molar-refractivity contribution in [2.45, 2.75) is 6.42 Å². The first-order valence-corrected chi connectivity index (χ1v) is 2.62. The van der Waals surface area contributed by atoms with Crippen LogP contribution in [0.25, 0.3) is 0 Å². The quantitative estimate of drug-likeness (QED) is 0.503. The van der Waals surface area contributed by atoms with E-state index in [0.29, 0.717) is 12.1 Å². The standard InChI is InChI=1S/C5H7N3O/c1-8-6-4-5(7-8)2-3-9/h3-4H,2H2,1H3. The fourth-order valence-electron chi connectivity index (χ4n) is 0.567. The Kier molecular flexibility index (Phi) is 1.58. The predicted octanol–water partition coefficient (Wildman–Crippen LogP) is -0.444. The highest BCUT2D eigenvalue weighted by atomic mass is 16.1. The average molecular weight is 125 g/mol. The first-order valence-electron chi connectivity index (χ1n) is 2.62. The summed E-state index contributed by atoms with van der Waals surface area (Å²) in [5.74, 6) is 0. The normalized spacial score (nSPS) is 9.44. The van der Waals surface area contributed by atoms with Gasteiger partial charge < -0.3 is 4.79 Å². The van der Waals surface area contributed by atoms with E-state index in [1.165, 1.54) is 4.80 Å². The first-order chi connectivity index (χ1) is 4.33. The minimum absolute atomic E-state index is 0.355. The molecule has 0 aromatic carbocycles. The van der Waals surface area contributed by atoms with Crippen LogP contribution >= 0.6 is 0 Å². The van der Waals surface area contributed by atoms with Gasteiger partial charge in [-0.3, -0.25) is 0 Å².